The van der Waals surface area contributed by atoms with Crippen LogP contribution in [0.4, 0.5) is 0 Å². The van der Waals surface area contributed by atoms with Crippen molar-refractivity contribution in [3.63, 3.8) is 0 Å². The van der Waals surface area contributed by atoms with Crippen molar-refractivity contribution in [2.45, 2.75) is 19.8 Å². The summed E-state index contributed by atoms with van der Waals surface area (Å²) in [6, 6.07) is 10.1. The molecule has 1 nitrogen and oxygen atoms in total. The molecule has 0 bridgehead atoms. The summed E-state index contributed by atoms with van der Waals surface area (Å²) < 4.78 is 0. The van der Waals surface area contributed by atoms with E-state index in [4.69, 9.17) is 0 Å². The van der Waals surface area contributed by atoms with Gasteiger partial charge in [0.25, 0.3) is 0 Å². The smallest absolute Gasteiger partial charge is 0.100 e. The molecule has 0 amide bonds. The fourth-order valence-corrected chi connectivity index (χ4v) is 1.76. The minimum absolute atomic E-state index is 0.516. The molecule has 0 atom stereocenters. The van der Waals surface area contributed by atoms with E-state index >= 15 is 0 Å². The molecule has 1 aromatic carbocycles. The first kappa shape index (κ1) is 9.07. The Morgan fingerprint density at radius 2 is 1.86 bits per heavy atom. The summed E-state index contributed by atoms with van der Waals surface area (Å²) in [4.78, 5) is 0. The third-order valence-electron chi connectivity index (χ3n) is 2.57. The van der Waals surface area contributed by atoms with Crippen molar-refractivity contribution >= 4 is 5.57 Å². The number of hydrogen-bond donors (Lipinski definition) is 1. The maximum absolute atomic E-state index is 9.78. The molecule has 1 aromatic rings. The molecule has 14 heavy (non-hydrogen) atoms. The summed E-state index contributed by atoms with van der Waals surface area (Å²) in [5.74, 6) is 0.516. The number of benzene rings is 1. The molecule has 0 radical (unpaired) electrons. The fourth-order valence-electron chi connectivity index (χ4n) is 1.76. The lowest BCUT2D eigenvalue weighted by Gasteiger charge is -2.15. The first-order chi connectivity index (χ1) is 6.77. The van der Waals surface area contributed by atoms with Crippen LogP contribution in [0, 0.1) is 0 Å². The molecule has 0 saturated carbocycles. The zero-order valence-corrected chi connectivity index (χ0v) is 8.33. The topological polar surface area (TPSA) is 20.2 Å². The molecule has 1 aliphatic carbocycles. The van der Waals surface area contributed by atoms with Crippen LogP contribution < -0.4 is 0 Å². The molecule has 0 unspecified atom stereocenters. The van der Waals surface area contributed by atoms with Crippen LogP contribution in [0.1, 0.15) is 25.3 Å². The second-order valence-corrected chi connectivity index (χ2v) is 3.72. The summed E-state index contributed by atoms with van der Waals surface area (Å²) in [6.45, 7) is 2.11. The number of allylic oxidation sites excluding steroid dienone is 3. The summed E-state index contributed by atoms with van der Waals surface area (Å²) in [5.41, 5.74) is 3.55. The third kappa shape index (κ3) is 1.72. The van der Waals surface area contributed by atoms with Crippen LogP contribution in [-0.4, -0.2) is 5.11 Å². The van der Waals surface area contributed by atoms with Crippen LogP contribution >= 0.6 is 0 Å². The number of aliphatic hydroxyl groups is 1. The van der Waals surface area contributed by atoms with E-state index in [1.54, 1.807) is 0 Å². The van der Waals surface area contributed by atoms with E-state index in [2.05, 4.69) is 13.0 Å². The van der Waals surface area contributed by atoms with Crippen molar-refractivity contribution in [1.82, 2.24) is 0 Å². The van der Waals surface area contributed by atoms with Crippen molar-refractivity contribution in [1.29, 1.82) is 0 Å². The summed E-state index contributed by atoms with van der Waals surface area (Å²) in [5, 5.41) is 9.78. The van der Waals surface area contributed by atoms with Crippen molar-refractivity contribution in [2.75, 3.05) is 0 Å². The van der Waals surface area contributed by atoms with E-state index in [0.29, 0.717) is 12.2 Å². The molecule has 1 N–H and O–H groups in total. The van der Waals surface area contributed by atoms with E-state index in [1.165, 1.54) is 5.57 Å². The van der Waals surface area contributed by atoms with Crippen molar-refractivity contribution in [3.8, 4) is 0 Å². The molecular formula is C13H14O. The minimum atomic E-state index is 0.516. The summed E-state index contributed by atoms with van der Waals surface area (Å²) >= 11 is 0. The van der Waals surface area contributed by atoms with Gasteiger partial charge in [0.05, 0.1) is 0 Å². The highest BCUT2D eigenvalue weighted by Crippen LogP contribution is 2.30. The van der Waals surface area contributed by atoms with Gasteiger partial charge in [0.1, 0.15) is 5.76 Å². The molecule has 1 aliphatic rings. The van der Waals surface area contributed by atoms with E-state index in [-0.39, 0.29) is 0 Å². The molecule has 1 heteroatoms. The van der Waals surface area contributed by atoms with Gasteiger partial charge in [0.2, 0.25) is 0 Å². The van der Waals surface area contributed by atoms with Crippen LogP contribution in [0.25, 0.3) is 5.57 Å². The Morgan fingerprint density at radius 1 is 1.14 bits per heavy atom. The minimum Gasteiger partial charge on any atom is -0.512 e. The van der Waals surface area contributed by atoms with Gasteiger partial charge in [-0.15, -0.1) is 0 Å². The van der Waals surface area contributed by atoms with Gasteiger partial charge in [-0.25, -0.2) is 0 Å². The van der Waals surface area contributed by atoms with E-state index in [1.807, 2.05) is 30.3 Å². The van der Waals surface area contributed by atoms with Crippen LogP contribution in [0.15, 0.2) is 47.7 Å². The monoisotopic (exact) mass is 186 g/mol. The van der Waals surface area contributed by atoms with Crippen LogP contribution in [-0.2, 0) is 0 Å². The molecule has 0 fully saturated rings. The average molecular weight is 186 g/mol. The van der Waals surface area contributed by atoms with E-state index < -0.39 is 0 Å². The van der Waals surface area contributed by atoms with Gasteiger partial charge in [-0.2, -0.15) is 0 Å². The molecule has 0 spiro atoms. The van der Waals surface area contributed by atoms with Crippen LogP contribution in [0.2, 0.25) is 0 Å². The Hall–Kier alpha value is -1.50. The highest BCUT2D eigenvalue weighted by molar-refractivity contribution is 5.70. The zero-order chi connectivity index (χ0) is 9.97. The van der Waals surface area contributed by atoms with Gasteiger partial charge in [-0.3, -0.25) is 0 Å². The van der Waals surface area contributed by atoms with E-state index in [9.17, 15) is 5.11 Å². The van der Waals surface area contributed by atoms with Crippen molar-refractivity contribution in [3.05, 3.63) is 53.3 Å². The Bertz CT molecular complexity index is 385. The Labute approximate surface area is 84.4 Å². The molecule has 72 valence electrons. The lowest BCUT2D eigenvalue weighted by Crippen LogP contribution is -1.97. The number of rotatable bonds is 1. The van der Waals surface area contributed by atoms with Gasteiger partial charge < -0.3 is 5.11 Å². The molecule has 0 aliphatic heterocycles. The average Bonchev–Trinajstić information content (AvgIpc) is 2.23. The standard InChI is InChI=1S/C13H14O/c1-10-7-8-13(14)12(9-10)11-5-3-2-4-6-11/h2-7,14H,8-9H2,1H3. The van der Waals surface area contributed by atoms with Gasteiger partial charge in [0.15, 0.2) is 0 Å². The SMILES string of the molecule is CC1=CCC(O)=C(c2ccccc2)C1. The summed E-state index contributed by atoms with van der Waals surface area (Å²) in [6.07, 6.45) is 3.63. The second-order valence-electron chi connectivity index (χ2n) is 3.72. The maximum Gasteiger partial charge on any atom is 0.100 e. The Morgan fingerprint density at radius 3 is 2.57 bits per heavy atom. The van der Waals surface area contributed by atoms with Crippen molar-refractivity contribution < 1.29 is 5.11 Å². The first-order valence-electron chi connectivity index (χ1n) is 4.89. The zero-order valence-electron chi connectivity index (χ0n) is 8.33. The van der Waals surface area contributed by atoms with Gasteiger partial charge in [0, 0.05) is 12.0 Å². The summed E-state index contributed by atoms with van der Waals surface area (Å²) in [7, 11) is 0. The highest BCUT2D eigenvalue weighted by Gasteiger charge is 2.12. The van der Waals surface area contributed by atoms with Crippen LogP contribution in [0.3, 0.4) is 0 Å². The van der Waals surface area contributed by atoms with Gasteiger partial charge >= 0.3 is 0 Å². The van der Waals surface area contributed by atoms with Crippen LogP contribution in [0.5, 0.6) is 0 Å². The predicted octanol–water partition coefficient (Wildman–Crippen LogP) is 3.70. The molecule has 0 saturated heterocycles. The van der Waals surface area contributed by atoms with Gasteiger partial charge in [-0.1, -0.05) is 42.0 Å². The second kappa shape index (κ2) is 3.70. The number of aliphatic hydroxyl groups excluding tert-OH is 1. The Balaban J connectivity index is 2.35. The van der Waals surface area contributed by atoms with E-state index in [0.717, 1.165) is 17.6 Å². The molecule has 2 rings (SSSR count). The quantitative estimate of drug-likeness (QED) is 0.663. The third-order valence-corrected chi connectivity index (χ3v) is 2.57. The lowest BCUT2D eigenvalue weighted by molar-refractivity contribution is 0.400. The maximum atomic E-state index is 9.78. The first-order valence-corrected chi connectivity index (χ1v) is 4.89. The fraction of sp³-hybridized carbons (Fsp3) is 0.231. The Kier molecular flexibility index (Phi) is 2.40. The van der Waals surface area contributed by atoms with Gasteiger partial charge in [-0.05, 0) is 18.9 Å². The number of hydrogen-bond acceptors (Lipinski definition) is 1. The highest BCUT2D eigenvalue weighted by atomic mass is 16.3. The van der Waals surface area contributed by atoms with Crippen molar-refractivity contribution in [2.24, 2.45) is 0 Å². The largest absolute Gasteiger partial charge is 0.512 e. The normalized spacial score (nSPS) is 16.8. The molecular weight excluding hydrogens is 172 g/mol. The molecule has 0 heterocycles. The predicted molar refractivity (Wildman–Crippen MR) is 59.0 cm³/mol. The molecule has 0 aromatic heterocycles. The lowest BCUT2D eigenvalue weighted by atomic mass is 9.92.